The monoisotopic (exact) mass is 306 g/mol. The topological polar surface area (TPSA) is 51.2 Å². The highest BCUT2D eigenvalue weighted by atomic mass is 16.5. The summed E-state index contributed by atoms with van der Waals surface area (Å²) in [6.07, 6.45) is 2.87. The molecule has 1 aromatic heterocycles. The average Bonchev–Trinajstić information content (AvgIpc) is 2.60. The Hall–Kier alpha value is -2.88. The lowest BCUT2D eigenvalue weighted by molar-refractivity contribution is -0.127. The molecular weight excluding hydrogens is 288 g/mol. The zero-order chi connectivity index (χ0) is 16.1. The Morgan fingerprint density at radius 1 is 1.13 bits per heavy atom. The summed E-state index contributed by atoms with van der Waals surface area (Å²) in [6, 6.07) is 17.6. The van der Waals surface area contributed by atoms with Crippen molar-refractivity contribution in [1.29, 1.82) is 0 Å². The van der Waals surface area contributed by atoms with Gasteiger partial charge in [-0.15, -0.1) is 0 Å². The van der Waals surface area contributed by atoms with Gasteiger partial charge in [0.15, 0.2) is 6.10 Å². The molecule has 4 nitrogen and oxygen atoms in total. The molecule has 1 heterocycles. The predicted molar refractivity (Wildman–Crippen MR) is 90.1 cm³/mol. The van der Waals surface area contributed by atoms with Gasteiger partial charge in [0.2, 0.25) is 0 Å². The van der Waals surface area contributed by atoms with E-state index in [4.69, 9.17) is 4.74 Å². The quantitative estimate of drug-likeness (QED) is 0.786. The number of carbonyl (C=O) groups excluding carboxylic acids is 1. The lowest BCUT2D eigenvalue weighted by Gasteiger charge is -2.15. The molecule has 0 aliphatic heterocycles. The van der Waals surface area contributed by atoms with Crippen LogP contribution >= 0.6 is 0 Å². The third-order valence-corrected chi connectivity index (χ3v) is 3.59. The summed E-state index contributed by atoms with van der Waals surface area (Å²) in [4.78, 5) is 16.1. The third-order valence-electron chi connectivity index (χ3n) is 3.59. The molecule has 23 heavy (non-hydrogen) atoms. The lowest BCUT2D eigenvalue weighted by atomic mass is 10.1. The van der Waals surface area contributed by atoms with Crippen molar-refractivity contribution in [3.05, 3.63) is 72.6 Å². The standard InChI is InChI=1S/C19H18N2O2/c1-14(19(22)21-13-15-5-4-10-20-12-15)23-18-9-8-16-6-2-3-7-17(16)11-18/h2-12,14H,13H2,1H3,(H,21,22)/t14-/m0/s1. The van der Waals surface area contributed by atoms with Crippen molar-refractivity contribution < 1.29 is 9.53 Å². The van der Waals surface area contributed by atoms with Gasteiger partial charge in [-0.25, -0.2) is 0 Å². The normalized spacial score (nSPS) is 11.9. The number of carbonyl (C=O) groups is 1. The van der Waals surface area contributed by atoms with E-state index in [1.54, 1.807) is 19.3 Å². The molecule has 3 aromatic rings. The molecule has 0 saturated carbocycles. The first-order valence-electron chi connectivity index (χ1n) is 7.54. The van der Waals surface area contributed by atoms with Crippen molar-refractivity contribution >= 4 is 16.7 Å². The first-order chi connectivity index (χ1) is 11.2. The Morgan fingerprint density at radius 2 is 1.96 bits per heavy atom. The van der Waals surface area contributed by atoms with Gasteiger partial charge in [0.1, 0.15) is 5.75 Å². The zero-order valence-corrected chi connectivity index (χ0v) is 12.9. The van der Waals surface area contributed by atoms with Crippen LogP contribution in [0.15, 0.2) is 67.0 Å². The van der Waals surface area contributed by atoms with E-state index in [0.29, 0.717) is 12.3 Å². The summed E-state index contributed by atoms with van der Waals surface area (Å²) < 4.78 is 5.74. The lowest BCUT2D eigenvalue weighted by Crippen LogP contribution is -2.35. The highest BCUT2D eigenvalue weighted by Crippen LogP contribution is 2.21. The van der Waals surface area contributed by atoms with E-state index in [-0.39, 0.29) is 5.91 Å². The largest absolute Gasteiger partial charge is 0.481 e. The Balaban J connectivity index is 1.60. The molecule has 1 amide bonds. The molecule has 0 bridgehead atoms. The number of aromatic nitrogens is 1. The molecule has 0 fully saturated rings. The van der Waals surface area contributed by atoms with Gasteiger partial charge in [0.05, 0.1) is 0 Å². The number of hydrogen-bond acceptors (Lipinski definition) is 3. The molecule has 0 radical (unpaired) electrons. The molecule has 1 atom stereocenters. The fraction of sp³-hybridized carbons (Fsp3) is 0.158. The molecule has 4 heteroatoms. The number of ether oxygens (including phenoxy) is 1. The fourth-order valence-corrected chi connectivity index (χ4v) is 2.33. The summed E-state index contributed by atoms with van der Waals surface area (Å²) in [6.45, 7) is 2.19. The first-order valence-corrected chi connectivity index (χ1v) is 7.54. The van der Waals surface area contributed by atoms with Crippen LogP contribution in [0.1, 0.15) is 12.5 Å². The van der Waals surface area contributed by atoms with Crippen LogP contribution in [-0.4, -0.2) is 17.0 Å². The highest BCUT2D eigenvalue weighted by molar-refractivity contribution is 5.84. The maximum absolute atomic E-state index is 12.1. The molecule has 0 saturated heterocycles. The number of nitrogens with one attached hydrogen (secondary N) is 1. The summed E-state index contributed by atoms with van der Waals surface area (Å²) in [5, 5.41) is 5.09. The molecule has 3 rings (SSSR count). The molecule has 2 aromatic carbocycles. The Morgan fingerprint density at radius 3 is 2.74 bits per heavy atom. The molecule has 0 aliphatic carbocycles. The van der Waals surface area contributed by atoms with Crippen LogP contribution in [-0.2, 0) is 11.3 Å². The number of benzene rings is 2. The first kappa shape index (κ1) is 15.0. The van der Waals surface area contributed by atoms with Crippen molar-refractivity contribution in [3.8, 4) is 5.75 Å². The molecule has 0 unspecified atom stereocenters. The van der Waals surface area contributed by atoms with Crippen LogP contribution in [0.2, 0.25) is 0 Å². The molecule has 0 spiro atoms. The second-order valence-corrected chi connectivity index (χ2v) is 5.35. The van der Waals surface area contributed by atoms with Gasteiger partial charge in [-0.1, -0.05) is 36.4 Å². The van der Waals surface area contributed by atoms with E-state index < -0.39 is 6.10 Å². The number of hydrogen-bond donors (Lipinski definition) is 1. The minimum atomic E-state index is -0.562. The average molecular weight is 306 g/mol. The molecule has 1 N–H and O–H groups in total. The second kappa shape index (κ2) is 6.92. The van der Waals surface area contributed by atoms with Crippen LogP contribution in [0.5, 0.6) is 5.75 Å². The molecule has 116 valence electrons. The van der Waals surface area contributed by atoms with Gasteiger partial charge >= 0.3 is 0 Å². The van der Waals surface area contributed by atoms with E-state index in [0.717, 1.165) is 16.3 Å². The predicted octanol–water partition coefficient (Wildman–Crippen LogP) is 3.32. The van der Waals surface area contributed by atoms with E-state index in [1.807, 2.05) is 54.6 Å². The van der Waals surface area contributed by atoms with Gasteiger partial charge < -0.3 is 10.1 Å². The SMILES string of the molecule is C[C@H](Oc1ccc2ccccc2c1)C(=O)NCc1cccnc1. The van der Waals surface area contributed by atoms with Gasteiger partial charge in [-0.3, -0.25) is 9.78 Å². The minimum absolute atomic E-state index is 0.151. The van der Waals surface area contributed by atoms with Crippen molar-refractivity contribution in [2.45, 2.75) is 19.6 Å². The van der Waals surface area contributed by atoms with Crippen LogP contribution < -0.4 is 10.1 Å². The molecular formula is C19H18N2O2. The Bertz CT molecular complexity index is 803. The van der Waals surface area contributed by atoms with Gasteiger partial charge in [-0.05, 0) is 41.5 Å². The zero-order valence-electron chi connectivity index (χ0n) is 12.9. The van der Waals surface area contributed by atoms with Crippen LogP contribution in [0.4, 0.5) is 0 Å². The maximum atomic E-state index is 12.1. The Labute approximate surface area is 135 Å². The van der Waals surface area contributed by atoms with Crippen LogP contribution in [0, 0.1) is 0 Å². The van der Waals surface area contributed by atoms with E-state index in [9.17, 15) is 4.79 Å². The van der Waals surface area contributed by atoms with Gasteiger partial charge in [-0.2, -0.15) is 0 Å². The smallest absolute Gasteiger partial charge is 0.261 e. The van der Waals surface area contributed by atoms with Crippen molar-refractivity contribution in [3.63, 3.8) is 0 Å². The summed E-state index contributed by atoms with van der Waals surface area (Å²) in [7, 11) is 0. The van der Waals surface area contributed by atoms with E-state index >= 15 is 0 Å². The Kier molecular flexibility index (Phi) is 4.52. The number of amides is 1. The van der Waals surface area contributed by atoms with Crippen LogP contribution in [0.3, 0.4) is 0 Å². The summed E-state index contributed by atoms with van der Waals surface area (Å²) in [5.74, 6) is 0.537. The minimum Gasteiger partial charge on any atom is -0.481 e. The number of nitrogens with zero attached hydrogens (tertiary/aromatic N) is 1. The van der Waals surface area contributed by atoms with E-state index in [2.05, 4.69) is 10.3 Å². The van der Waals surface area contributed by atoms with Crippen LogP contribution in [0.25, 0.3) is 10.8 Å². The van der Waals surface area contributed by atoms with Gasteiger partial charge in [0.25, 0.3) is 5.91 Å². The number of pyridine rings is 1. The number of fused-ring (bicyclic) bond motifs is 1. The third kappa shape index (κ3) is 3.86. The summed E-state index contributed by atoms with van der Waals surface area (Å²) >= 11 is 0. The highest BCUT2D eigenvalue weighted by Gasteiger charge is 2.14. The van der Waals surface area contributed by atoms with Gasteiger partial charge in [0, 0.05) is 18.9 Å². The molecule has 0 aliphatic rings. The van der Waals surface area contributed by atoms with Crippen molar-refractivity contribution in [1.82, 2.24) is 10.3 Å². The number of rotatable bonds is 5. The maximum Gasteiger partial charge on any atom is 0.261 e. The fourth-order valence-electron chi connectivity index (χ4n) is 2.33. The van der Waals surface area contributed by atoms with Crippen molar-refractivity contribution in [2.75, 3.05) is 0 Å². The van der Waals surface area contributed by atoms with Crippen molar-refractivity contribution in [2.24, 2.45) is 0 Å². The second-order valence-electron chi connectivity index (χ2n) is 5.35. The summed E-state index contributed by atoms with van der Waals surface area (Å²) in [5.41, 5.74) is 0.957. The van der Waals surface area contributed by atoms with E-state index in [1.165, 1.54) is 0 Å².